The van der Waals surface area contributed by atoms with E-state index in [1.807, 2.05) is 0 Å². The van der Waals surface area contributed by atoms with Gasteiger partial charge in [-0.25, -0.2) is 0 Å². The number of hydrogen-bond acceptors (Lipinski definition) is 2. The van der Waals surface area contributed by atoms with E-state index in [1.165, 1.54) is 24.0 Å². The van der Waals surface area contributed by atoms with E-state index in [0.29, 0.717) is 18.2 Å². The number of ether oxygens (including phenoxy) is 1. The maximum absolute atomic E-state index is 5.81. The summed E-state index contributed by atoms with van der Waals surface area (Å²) in [6.07, 6.45) is 5.16. The van der Waals surface area contributed by atoms with E-state index in [4.69, 9.17) is 4.74 Å². The van der Waals surface area contributed by atoms with Crippen LogP contribution in [0.25, 0.3) is 0 Å². The number of rotatable bonds is 5. The highest BCUT2D eigenvalue weighted by Gasteiger charge is 2.23. The molecule has 1 aliphatic rings. The van der Waals surface area contributed by atoms with Crippen LogP contribution >= 0.6 is 0 Å². The molecule has 0 amide bonds. The Morgan fingerprint density at radius 3 is 3.00 bits per heavy atom. The lowest BCUT2D eigenvalue weighted by atomic mass is 9.98. The molecule has 2 nitrogen and oxygen atoms in total. The first-order valence-corrected chi connectivity index (χ1v) is 7.63. The quantitative estimate of drug-likeness (QED) is 0.865. The van der Waals surface area contributed by atoms with Crippen molar-refractivity contribution in [3.63, 3.8) is 0 Å². The molecule has 1 heterocycles. The van der Waals surface area contributed by atoms with Crippen molar-refractivity contribution >= 4 is 0 Å². The highest BCUT2D eigenvalue weighted by molar-refractivity contribution is 5.24. The molecular formula is C17H27NO. The van der Waals surface area contributed by atoms with Crippen molar-refractivity contribution in [2.75, 3.05) is 6.61 Å². The standard InChI is InChI=1S/C17H27NO/c1-4-6-17-12-16(9-10-19-17)18-14(3)15-8-5-7-13(2)11-15/h5,7-8,11,14,16-18H,4,6,9-10,12H2,1-3H3/t14-,16?,17?/m1/s1. The zero-order valence-electron chi connectivity index (χ0n) is 12.5. The Morgan fingerprint density at radius 2 is 2.26 bits per heavy atom. The zero-order valence-corrected chi connectivity index (χ0v) is 12.5. The predicted octanol–water partition coefficient (Wildman–Crippen LogP) is 3.99. The second-order valence-electron chi connectivity index (χ2n) is 5.81. The van der Waals surface area contributed by atoms with Crippen molar-refractivity contribution < 1.29 is 4.74 Å². The summed E-state index contributed by atoms with van der Waals surface area (Å²) >= 11 is 0. The van der Waals surface area contributed by atoms with Crippen LogP contribution in [0.3, 0.4) is 0 Å². The van der Waals surface area contributed by atoms with Crippen molar-refractivity contribution in [3.05, 3.63) is 35.4 Å². The van der Waals surface area contributed by atoms with Crippen LogP contribution in [0, 0.1) is 6.92 Å². The molecule has 2 rings (SSSR count). The summed E-state index contributed by atoms with van der Waals surface area (Å²) in [5.41, 5.74) is 2.72. The Hall–Kier alpha value is -0.860. The molecule has 0 bridgehead atoms. The lowest BCUT2D eigenvalue weighted by molar-refractivity contribution is -0.00472. The van der Waals surface area contributed by atoms with Gasteiger partial charge in [0.2, 0.25) is 0 Å². The van der Waals surface area contributed by atoms with Crippen LogP contribution in [0.1, 0.15) is 56.7 Å². The molecule has 106 valence electrons. The van der Waals surface area contributed by atoms with Crippen LogP contribution in [0.5, 0.6) is 0 Å². The first kappa shape index (κ1) is 14.5. The normalized spacial score (nSPS) is 25.2. The van der Waals surface area contributed by atoms with Gasteiger partial charge in [-0.1, -0.05) is 43.2 Å². The van der Waals surface area contributed by atoms with Crippen molar-refractivity contribution in [1.82, 2.24) is 5.32 Å². The number of hydrogen-bond donors (Lipinski definition) is 1. The maximum atomic E-state index is 5.81. The fourth-order valence-corrected chi connectivity index (χ4v) is 2.94. The fourth-order valence-electron chi connectivity index (χ4n) is 2.94. The minimum atomic E-state index is 0.422. The lowest BCUT2D eigenvalue weighted by Crippen LogP contribution is -2.40. The molecule has 1 aromatic carbocycles. The minimum Gasteiger partial charge on any atom is -0.378 e. The molecule has 2 unspecified atom stereocenters. The van der Waals surface area contributed by atoms with Crippen LogP contribution in [0.2, 0.25) is 0 Å². The van der Waals surface area contributed by atoms with Crippen molar-refractivity contribution in [3.8, 4) is 0 Å². The van der Waals surface area contributed by atoms with E-state index in [2.05, 4.69) is 50.4 Å². The molecule has 1 aromatic rings. The van der Waals surface area contributed by atoms with Gasteiger partial charge in [0, 0.05) is 18.7 Å². The Bertz CT molecular complexity index is 389. The third-order valence-electron chi connectivity index (χ3n) is 4.01. The van der Waals surface area contributed by atoms with E-state index >= 15 is 0 Å². The Labute approximate surface area is 117 Å². The largest absolute Gasteiger partial charge is 0.378 e. The van der Waals surface area contributed by atoms with Crippen LogP contribution in [-0.4, -0.2) is 18.8 Å². The number of nitrogens with one attached hydrogen (secondary N) is 1. The molecule has 1 aliphatic heterocycles. The van der Waals surface area contributed by atoms with Gasteiger partial charge >= 0.3 is 0 Å². The Balaban J connectivity index is 1.89. The monoisotopic (exact) mass is 261 g/mol. The minimum absolute atomic E-state index is 0.422. The van der Waals surface area contributed by atoms with Gasteiger partial charge in [0.15, 0.2) is 0 Å². The van der Waals surface area contributed by atoms with E-state index < -0.39 is 0 Å². The molecule has 1 N–H and O–H groups in total. The average Bonchev–Trinajstić information content (AvgIpc) is 2.39. The molecule has 0 spiro atoms. The van der Waals surface area contributed by atoms with Gasteiger partial charge in [-0.15, -0.1) is 0 Å². The third-order valence-corrected chi connectivity index (χ3v) is 4.01. The first-order chi connectivity index (χ1) is 9.19. The molecule has 1 fully saturated rings. The summed E-state index contributed by atoms with van der Waals surface area (Å²) in [4.78, 5) is 0. The zero-order chi connectivity index (χ0) is 13.7. The third kappa shape index (κ3) is 4.32. The molecule has 0 radical (unpaired) electrons. The Kier molecular flexibility index (Phi) is 5.41. The second kappa shape index (κ2) is 7.06. The summed E-state index contributed by atoms with van der Waals surface area (Å²) in [5, 5.41) is 3.77. The number of benzene rings is 1. The van der Waals surface area contributed by atoms with Gasteiger partial charge in [0.1, 0.15) is 0 Å². The molecule has 3 atom stereocenters. The second-order valence-corrected chi connectivity index (χ2v) is 5.81. The van der Waals surface area contributed by atoms with Gasteiger partial charge in [-0.2, -0.15) is 0 Å². The molecule has 0 aromatic heterocycles. The van der Waals surface area contributed by atoms with E-state index in [-0.39, 0.29) is 0 Å². The van der Waals surface area contributed by atoms with Gasteiger partial charge in [0.25, 0.3) is 0 Å². The molecule has 19 heavy (non-hydrogen) atoms. The van der Waals surface area contributed by atoms with Crippen LogP contribution in [0.4, 0.5) is 0 Å². The molecule has 1 saturated heterocycles. The van der Waals surface area contributed by atoms with E-state index in [0.717, 1.165) is 19.4 Å². The van der Waals surface area contributed by atoms with Gasteiger partial charge in [0.05, 0.1) is 6.10 Å². The molecule has 2 heteroatoms. The maximum Gasteiger partial charge on any atom is 0.0589 e. The van der Waals surface area contributed by atoms with Gasteiger partial charge < -0.3 is 10.1 Å². The smallest absolute Gasteiger partial charge is 0.0589 e. The van der Waals surface area contributed by atoms with Crippen LogP contribution < -0.4 is 5.32 Å². The van der Waals surface area contributed by atoms with Gasteiger partial charge in [-0.05, 0) is 38.7 Å². The average molecular weight is 261 g/mol. The first-order valence-electron chi connectivity index (χ1n) is 7.63. The highest BCUT2D eigenvalue weighted by atomic mass is 16.5. The topological polar surface area (TPSA) is 21.3 Å². The summed E-state index contributed by atoms with van der Waals surface area (Å²) in [7, 11) is 0. The summed E-state index contributed by atoms with van der Waals surface area (Å²) in [6, 6.07) is 9.81. The van der Waals surface area contributed by atoms with Gasteiger partial charge in [-0.3, -0.25) is 0 Å². The Morgan fingerprint density at radius 1 is 1.42 bits per heavy atom. The predicted molar refractivity (Wildman–Crippen MR) is 80.4 cm³/mol. The van der Waals surface area contributed by atoms with E-state index in [9.17, 15) is 0 Å². The fraction of sp³-hybridized carbons (Fsp3) is 0.647. The molecule has 0 aliphatic carbocycles. The summed E-state index contributed by atoms with van der Waals surface area (Å²) in [5.74, 6) is 0. The molecule has 0 saturated carbocycles. The van der Waals surface area contributed by atoms with Crippen molar-refractivity contribution in [2.45, 2.75) is 64.6 Å². The lowest BCUT2D eigenvalue weighted by Gasteiger charge is -2.32. The summed E-state index contributed by atoms with van der Waals surface area (Å²) in [6.45, 7) is 7.56. The van der Waals surface area contributed by atoms with Crippen LogP contribution in [-0.2, 0) is 4.74 Å². The van der Waals surface area contributed by atoms with Crippen molar-refractivity contribution in [2.24, 2.45) is 0 Å². The van der Waals surface area contributed by atoms with Crippen molar-refractivity contribution in [1.29, 1.82) is 0 Å². The summed E-state index contributed by atoms with van der Waals surface area (Å²) < 4.78 is 5.81. The number of aryl methyl sites for hydroxylation is 1. The highest BCUT2D eigenvalue weighted by Crippen LogP contribution is 2.21. The van der Waals surface area contributed by atoms with Crippen LogP contribution in [0.15, 0.2) is 24.3 Å². The SMILES string of the molecule is CCCC1CC(N[C@H](C)c2cccc(C)c2)CCO1. The molecular weight excluding hydrogens is 234 g/mol. The van der Waals surface area contributed by atoms with E-state index in [1.54, 1.807) is 0 Å².